The van der Waals surface area contributed by atoms with Gasteiger partial charge in [-0.05, 0) is 56.5 Å². The second-order valence-corrected chi connectivity index (χ2v) is 7.79. The molecule has 0 unspecified atom stereocenters. The molecule has 0 spiro atoms. The SMILES string of the molecule is Cc1cccc(C(=O)N[C@H]2CCC[C@H]2Nc2nc3ccc(F)cc3s2)c1. The van der Waals surface area contributed by atoms with E-state index in [4.69, 9.17) is 0 Å². The topological polar surface area (TPSA) is 54.0 Å². The Morgan fingerprint density at radius 1 is 1.19 bits per heavy atom. The van der Waals surface area contributed by atoms with Crippen LogP contribution in [-0.2, 0) is 0 Å². The Balaban J connectivity index is 1.46. The fraction of sp³-hybridized carbons (Fsp3) is 0.300. The molecule has 134 valence electrons. The highest BCUT2D eigenvalue weighted by atomic mass is 32.1. The number of fused-ring (bicyclic) bond motifs is 1. The van der Waals surface area contributed by atoms with Crippen molar-refractivity contribution in [3.8, 4) is 0 Å². The molecular weight excluding hydrogens is 349 g/mol. The van der Waals surface area contributed by atoms with Crippen molar-refractivity contribution in [3.05, 3.63) is 59.4 Å². The maximum atomic E-state index is 13.4. The zero-order valence-corrected chi connectivity index (χ0v) is 15.3. The van der Waals surface area contributed by atoms with Gasteiger partial charge in [0.2, 0.25) is 0 Å². The number of nitrogens with zero attached hydrogens (tertiary/aromatic N) is 1. The van der Waals surface area contributed by atoms with Crippen molar-refractivity contribution < 1.29 is 9.18 Å². The maximum Gasteiger partial charge on any atom is 0.251 e. The summed E-state index contributed by atoms with van der Waals surface area (Å²) in [5.74, 6) is -0.296. The molecule has 0 saturated heterocycles. The molecule has 1 aliphatic rings. The van der Waals surface area contributed by atoms with Crippen LogP contribution in [0.15, 0.2) is 42.5 Å². The molecule has 1 saturated carbocycles. The van der Waals surface area contributed by atoms with Crippen LogP contribution in [0.5, 0.6) is 0 Å². The van der Waals surface area contributed by atoms with Gasteiger partial charge >= 0.3 is 0 Å². The van der Waals surface area contributed by atoms with E-state index >= 15 is 0 Å². The Labute approximate surface area is 155 Å². The van der Waals surface area contributed by atoms with Gasteiger partial charge in [-0.15, -0.1) is 0 Å². The summed E-state index contributed by atoms with van der Waals surface area (Å²) in [6, 6.07) is 12.4. The van der Waals surface area contributed by atoms with Gasteiger partial charge in [0.1, 0.15) is 5.82 Å². The maximum absolute atomic E-state index is 13.4. The fourth-order valence-electron chi connectivity index (χ4n) is 3.46. The molecular formula is C20H20FN3OS. The third kappa shape index (κ3) is 3.55. The summed E-state index contributed by atoms with van der Waals surface area (Å²) in [6.07, 6.45) is 2.97. The molecule has 0 radical (unpaired) electrons. The number of aromatic nitrogens is 1. The van der Waals surface area contributed by atoms with Crippen LogP contribution in [0.25, 0.3) is 10.2 Å². The second kappa shape index (κ2) is 7.03. The van der Waals surface area contributed by atoms with Gasteiger partial charge in [0.25, 0.3) is 5.91 Å². The third-order valence-corrected chi connectivity index (χ3v) is 5.72. The summed E-state index contributed by atoms with van der Waals surface area (Å²) in [6.45, 7) is 1.98. The Kier molecular flexibility index (Phi) is 4.59. The average molecular weight is 369 g/mol. The number of hydrogen-bond donors (Lipinski definition) is 2. The summed E-state index contributed by atoms with van der Waals surface area (Å²) in [5, 5.41) is 7.36. The highest BCUT2D eigenvalue weighted by molar-refractivity contribution is 7.22. The van der Waals surface area contributed by atoms with E-state index in [2.05, 4.69) is 15.6 Å². The summed E-state index contributed by atoms with van der Waals surface area (Å²) in [7, 11) is 0. The van der Waals surface area contributed by atoms with Gasteiger partial charge < -0.3 is 10.6 Å². The predicted octanol–water partition coefficient (Wildman–Crippen LogP) is 4.51. The molecule has 1 aliphatic carbocycles. The number of amides is 1. The zero-order valence-electron chi connectivity index (χ0n) is 14.5. The Morgan fingerprint density at radius 2 is 2.04 bits per heavy atom. The normalized spacial score (nSPS) is 19.6. The summed E-state index contributed by atoms with van der Waals surface area (Å²) < 4.78 is 14.2. The van der Waals surface area contributed by atoms with E-state index in [0.29, 0.717) is 5.56 Å². The lowest BCUT2D eigenvalue weighted by molar-refractivity contribution is 0.0936. The van der Waals surface area contributed by atoms with Crippen LogP contribution in [-0.4, -0.2) is 23.0 Å². The summed E-state index contributed by atoms with van der Waals surface area (Å²) in [4.78, 5) is 17.1. The molecule has 6 heteroatoms. The van der Waals surface area contributed by atoms with Crippen LogP contribution in [0, 0.1) is 12.7 Å². The van der Waals surface area contributed by atoms with E-state index < -0.39 is 0 Å². The van der Waals surface area contributed by atoms with Crippen molar-refractivity contribution in [2.24, 2.45) is 0 Å². The van der Waals surface area contributed by atoms with Gasteiger partial charge in [-0.25, -0.2) is 9.37 Å². The average Bonchev–Trinajstić information content (AvgIpc) is 3.21. The van der Waals surface area contributed by atoms with Crippen LogP contribution in [0.1, 0.15) is 35.2 Å². The van der Waals surface area contributed by atoms with E-state index in [1.165, 1.54) is 23.5 Å². The first-order valence-corrected chi connectivity index (χ1v) is 9.60. The molecule has 0 aliphatic heterocycles. The van der Waals surface area contributed by atoms with E-state index in [1.54, 1.807) is 6.07 Å². The Morgan fingerprint density at radius 3 is 2.88 bits per heavy atom. The van der Waals surface area contributed by atoms with Crippen molar-refractivity contribution in [3.63, 3.8) is 0 Å². The third-order valence-electron chi connectivity index (χ3n) is 4.77. The molecule has 4 nitrogen and oxygen atoms in total. The molecule has 1 amide bonds. The molecule has 1 aromatic heterocycles. The number of anilines is 1. The molecule has 4 rings (SSSR count). The van der Waals surface area contributed by atoms with Gasteiger partial charge in [-0.1, -0.05) is 29.0 Å². The number of carbonyl (C=O) groups is 1. The summed E-state index contributed by atoms with van der Waals surface area (Å²) in [5.41, 5.74) is 2.55. The lowest BCUT2D eigenvalue weighted by atomic mass is 10.1. The highest BCUT2D eigenvalue weighted by Gasteiger charge is 2.29. The lowest BCUT2D eigenvalue weighted by Crippen LogP contribution is -2.43. The number of nitrogens with one attached hydrogen (secondary N) is 2. The van der Waals surface area contributed by atoms with E-state index in [9.17, 15) is 9.18 Å². The standard InChI is InChI=1S/C20H20FN3OS/c1-12-4-2-5-13(10-12)19(25)22-15-6-3-7-16(15)23-20-24-17-9-8-14(21)11-18(17)26-20/h2,4-5,8-11,15-16H,3,6-7H2,1H3,(H,22,25)(H,23,24)/t15-,16+/m0/s1. The highest BCUT2D eigenvalue weighted by Crippen LogP contribution is 2.30. The molecule has 1 heterocycles. The molecule has 3 aromatic rings. The van der Waals surface area contributed by atoms with Gasteiger partial charge in [0.05, 0.1) is 10.2 Å². The number of benzene rings is 2. The van der Waals surface area contributed by atoms with Crippen LogP contribution >= 0.6 is 11.3 Å². The molecule has 2 aromatic carbocycles. The molecule has 2 atom stereocenters. The Bertz CT molecular complexity index is 955. The van der Waals surface area contributed by atoms with Crippen molar-refractivity contribution in [1.29, 1.82) is 0 Å². The minimum atomic E-state index is -0.253. The van der Waals surface area contributed by atoms with Crippen molar-refractivity contribution in [2.45, 2.75) is 38.3 Å². The van der Waals surface area contributed by atoms with Gasteiger partial charge in [-0.3, -0.25) is 4.79 Å². The first-order valence-electron chi connectivity index (χ1n) is 8.79. The van der Waals surface area contributed by atoms with Gasteiger partial charge in [-0.2, -0.15) is 0 Å². The smallest absolute Gasteiger partial charge is 0.251 e. The number of hydrogen-bond acceptors (Lipinski definition) is 4. The van der Waals surface area contributed by atoms with E-state index in [-0.39, 0.29) is 23.8 Å². The van der Waals surface area contributed by atoms with Crippen molar-refractivity contribution in [2.75, 3.05) is 5.32 Å². The number of thiazole rings is 1. The van der Waals surface area contributed by atoms with Gasteiger partial charge in [0, 0.05) is 17.6 Å². The monoisotopic (exact) mass is 369 g/mol. The number of rotatable bonds is 4. The van der Waals surface area contributed by atoms with Crippen LogP contribution in [0.3, 0.4) is 0 Å². The number of aryl methyl sites for hydroxylation is 1. The zero-order chi connectivity index (χ0) is 18.1. The van der Waals surface area contributed by atoms with Crippen LogP contribution in [0.4, 0.5) is 9.52 Å². The van der Waals surface area contributed by atoms with Crippen molar-refractivity contribution in [1.82, 2.24) is 10.3 Å². The minimum absolute atomic E-state index is 0.0428. The first-order chi connectivity index (χ1) is 12.6. The predicted molar refractivity (Wildman–Crippen MR) is 103 cm³/mol. The fourth-order valence-corrected chi connectivity index (χ4v) is 4.41. The van der Waals surface area contributed by atoms with Gasteiger partial charge in [0.15, 0.2) is 5.13 Å². The molecule has 0 bridgehead atoms. The van der Waals surface area contributed by atoms with Crippen molar-refractivity contribution >= 4 is 32.6 Å². The molecule has 2 N–H and O–H groups in total. The van der Waals surface area contributed by atoms with Crippen LogP contribution in [0.2, 0.25) is 0 Å². The molecule has 1 fully saturated rings. The molecule has 26 heavy (non-hydrogen) atoms. The largest absolute Gasteiger partial charge is 0.357 e. The first kappa shape index (κ1) is 17.0. The summed E-state index contributed by atoms with van der Waals surface area (Å²) >= 11 is 1.44. The number of carbonyl (C=O) groups excluding carboxylic acids is 1. The van der Waals surface area contributed by atoms with E-state index in [1.807, 2.05) is 31.2 Å². The van der Waals surface area contributed by atoms with E-state index in [0.717, 1.165) is 40.2 Å². The quantitative estimate of drug-likeness (QED) is 0.712. The second-order valence-electron chi connectivity index (χ2n) is 6.76. The lowest BCUT2D eigenvalue weighted by Gasteiger charge is -2.22. The number of halogens is 1. The Hall–Kier alpha value is -2.47. The minimum Gasteiger partial charge on any atom is -0.357 e. The van der Waals surface area contributed by atoms with Crippen LogP contribution < -0.4 is 10.6 Å².